The molecule has 5 nitrogen and oxygen atoms in total. The quantitative estimate of drug-likeness (QED) is 0.935. The van der Waals surface area contributed by atoms with E-state index in [-0.39, 0.29) is 31.0 Å². The largest absolute Gasteiger partial charge is 0.449 e. The number of hydrogen-bond donors (Lipinski definition) is 1. The SMILES string of the molecule is C[C@H]1OCC(=O)[C@H]1NC(=O)OCC1c2ccccc2-c2ccccc21. The van der Waals surface area contributed by atoms with Gasteiger partial charge < -0.3 is 14.8 Å². The second-order valence-corrected chi connectivity index (χ2v) is 6.43. The molecule has 1 N–H and O–H groups in total. The Bertz CT molecular complexity index is 786. The van der Waals surface area contributed by atoms with Crippen LogP contribution in [0.3, 0.4) is 0 Å². The Morgan fingerprint density at radius 1 is 1.12 bits per heavy atom. The third kappa shape index (κ3) is 2.81. The number of Topliss-reactive ketones (excluding diaryl/α,β-unsaturated/α-hetero) is 1. The summed E-state index contributed by atoms with van der Waals surface area (Å²) in [6, 6.07) is 15.7. The lowest BCUT2D eigenvalue weighted by Gasteiger charge is -2.17. The maximum atomic E-state index is 12.1. The van der Waals surface area contributed by atoms with Gasteiger partial charge in [0, 0.05) is 5.92 Å². The van der Waals surface area contributed by atoms with Gasteiger partial charge in [0.05, 0.1) is 6.10 Å². The summed E-state index contributed by atoms with van der Waals surface area (Å²) in [7, 11) is 0. The van der Waals surface area contributed by atoms with Crippen LogP contribution in [0.5, 0.6) is 0 Å². The maximum Gasteiger partial charge on any atom is 0.407 e. The number of nitrogens with one attached hydrogen (secondary N) is 1. The van der Waals surface area contributed by atoms with Crippen molar-refractivity contribution in [3.8, 4) is 11.1 Å². The number of fused-ring (bicyclic) bond motifs is 3. The van der Waals surface area contributed by atoms with Crippen molar-refractivity contribution in [3.05, 3.63) is 59.7 Å². The van der Waals surface area contributed by atoms with Gasteiger partial charge in [-0.1, -0.05) is 48.5 Å². The minimum absolute atomic E-state index is 0.00565. The molecular weight excluding hydrogens is 318 g/mol. The van der Waals surface area contributed by atoms with Crippen molar-refractivity contribution >= 4 is 11.9 Å². The van der Waals surface area contributed by atoms with Gasteiger partial charge in [-0.05, 0) is 29.2 Å². The molecule has 0 saturated carbocycles. The van der Waals surface area contributed by atoms with E-state index in [4.69, 9.17) is 9.47 Å². The van der Waals surface area contributed by atoms with Crippen LogP contribution in [0.4, 0.5) is 4.79 Å². The summed E-state index contributed by atoms with van der Waals surface area (Å²) < 4.78 is 10.7. The minimum Gasteiger partial charge on any atom is -0.449 e. The van der Waals surface area contributed by atoms with E-state index in [1.807, 2.05) is 24.3 Å². The molecule has 1 saturated heterocycles. The fourth-order valence-electron chi connectivity index (χ4n) is 3.63. The van der Waals surface area contributed by atoms with Gasteiger partial charge in [0.2, 0.25) is 0 Å². The molecule has 0 unspecified atom stereocenters. The van der Waals surface area contributed by atoms with Crippen LogP contribution < -0.4 is 5.32 Å². The molecule has 0 bridgehead atoms. The van der Waals surface area contributed by atoms with E-state index in [1.54, 1.807) is 6.92 Å². The van der Waals surface area contributed by atoms with Gasteiger partial charge in [0.25, 0.3) is 0 Å². The number of alkyl carbamates (subject to hydrolysis) is 1. The van der Waals surface area contributed by atoms with Crippen LogP contribution in [-0.2, 0) is 14.3 Å². The fraction of sp³-hybridized carbons (Fsp3) is 0.300. The number of benzene rings is 2. The number of ether oxygens (including phenoxy) is 2. The van der Waals surface area contributed by atoms with Crippen molar-refractivity contribution in [1.29, 1.82) is 0 Å². The highest BCUT2D eigenvalue weighted by Crippen LogP contribution is 2.44. The Hall–Kier alpha value is -2.66. The van der Waals surface area contributed by atoms with E-state index < -0.39 is 12.1 Å². The van der Waals surface area contributed by atoms with E-state index in [1.165, 1.54) is 11.1 Å². The molecule has 1 aliphatic carbocycles. The van der Waals surface area contributed by atoms with Gasteiger partial charge in [0.15, 0.2) is 5.78 Å². The van der Waals surface area contributed by atoms with Crippen LogP contribution in [0.25, 0.3) is 11.1 Å². The summed E-state index contributed by atoms with van der Waals surface area (Å²) in [4.78, 5) is 23.8. The molecule has 0 radical (unpaired) electrons. The average molecular weight is 337 g/mol. The molecule has 0 aromatic heterocycles. The van der Waals surface area contributed by atoms with Crippen molar-refractivity contribution in [2.45, 2.75) is 25.0 Å². The maximum absolute atomic E-state index is 12.1. The molecule has 2 aromatic carbocycles. The van der Waals surface area contributed by atoms with Gasteiger partial charge in [-0.3, -0.25) is 4.79 Å². The molecule has 128 valence electrons. The van der Waals surface area contributed by atoms with Crippen LogP contribution in [0.15, 0.2) is 48.5 Å². The molecule has 25 heavy (non-hydrogen) atoms. The second-order valence-electron chi connectivity index (χ2n) is 6.43. The average Bonchev–Trinajstić information content (AvgIpc) is 3.12. The molecule has 2 atom stereocenters. The van der Waals surface area contributed by atoms with E-state index in [2.05, 4.69) is 29.6 Å². The van der Waals surface area contributed by atoms with E-state index in [0.29, 0.717) is 0 Å². The zero-order chi connectivity index (χ0) is 17.4. The highest BCUT2D eigenvalue weighted by atomic mass is 16.6. The van der Waals surface area contributed by atoms with Crippen LogP contribution in [-0.4, -0.2) is 37.2 Å². The van der Waals surface area contributed by atoms with E-state index in [0.717, 1.165) is 11.1 Å². The third-order valence-corrected chi connectivity index (χ3v) is 4.92. The van der Waals surface area contributed by atoms with Gasteiger partial charge >= 0.3 is 6.09 Å². The zero-order valence-electron chi connectivity index (χ0n) is 13.9. The van der Waals surface area contributed by atoms with Crippen LogP contribution in [0.2, 0.25) is 0 Å². The summed E-state index contributed by atoms with van der Waals surface area (Å²) in [5, 5.41) is 2.61. The predicted molar refractivity (Wildman–Crippen MR) is 92.4 cm³/mol. The summed E-state index contributed by atoms with van der Waals surface area (Å²) in [5.74, 6) is -0.118. The van der Waals surface area contributed by atoms with Crippen molar-refractivity contribution in [1.82, 2.24) is 5.32 Å². The Balaban J connectivity index is 1.48. The molecule has 1 heterocycles. The van der Waals surface area contributed by atoms with Gasteiger partial charge in [0.1, 0.15) is 19.3 Å². The normalized spacial score (nSPS) is 21.7. The molecule has 1 aliphatic heterocycles. The first-order valence-corrected chi connectivity index (χ1v) is 8.41. The monoisotopic (exact) mass is 337 g/mol. The summed E-state index contributed by atoms with van der Waals surface area (Å²) in [6.07, 6.45) is -0.912. The number of hydrogen-bond acceptors (Lipinski definition) is 4. The third-order valence-electron chi connectivity index (χ3n) is 4.92. The molecule has 1 amide bonds. The second kappa shape index (κ2) is 6.33. The zero-order valence-corrected chi connectivity index (χ0v) is 13.9. The molecule has 4 rings (SSSR count). The van der Waals surface area contributed by atoms with Crippen LogP contribution >= 0.6 is 0 Å². The first-order chi connectivity index (χ1) is 12.1. The Kier molecular flexibility index (Phi) is 4.01. The molecule has 5 heteroatoms. The van der Waals surface area contributed by atoms with Gasteiger partial charge in [-0.15, -0.1) is 0 Å². The van der Waals surface area contributed by atoms with Crippen molar-refractivity contribution in [2.24, 2.45) is 0 Å². The first-order valence-electron chi connectivity index (χ1n) is 8.41. The predicted octanol–water partition coefficient (Wildman–Crippen LogP) is 2.88. The Morgan fingerprint density at radius 2 is 1.72 bits per heavy atom. The van der Waals surface area contributed by atoms with Crippen LogP contribution in [0.1, 0.15) is 24.0 Å². The summed E-state index contributed by atoms with van der Waals surface area (Å²) in [6.45, 7) is 2.03. The highest BCUT2D eigenvalue weighted by molar-refractivity contribution is 5.90. The number of carbonyl (C=O) groups excluding carboxylic acids is 2. The summed E-state index contributed by atoms with van der Waals surface area (Å²) >= 11 is 0. The number of rotatable bonds is 3. The van der Waals surface area contributed by atoms with Crippen molar-refractivity contribution < 1.29 is 19.1 Å². The summed E-state index contributed by atoms with van der Waals surface area (Å²) in [5.41, 5.74) is 4.68. The number of carbonyl (C=O) groups is 2. The van der Waals surface area contributed by atoms with Crippen molar-refractivity contribution in [2.75, 3.05) is 13.2 Å². The number of amides is 1. The van der Waals surface area contributed by atoms with Gasteiger partial charge in [-0.2, -0.15) is 0 Å². The van der Waals surface area contributed by atoms with Crippen LogP contribution in [0, 0.1) is 0 Å². The topological polar surface area (TPSA) is 64.6 Å². The molecule has 0 spiro atoms. The fourth-order valence-corrected chi connectivity index (χ4v) is 3.63. The Morgan fingerprint density at radius 3 is 2.28 bits per heavy atom. The van der Waals surface area contributed by atoms with Gasteiger partial charge in [-0.25, -0.2) is 4.79 Å². The Labute approximate surface area is 145 Å². The van der Waals surface area contributed by atoms with E-state index in [9.17, 15) is 9.59 Å². The lowest BCUT2D eigenvalue weighted by molar-refractivity contribution is -0.119. The molecular formula is C20H19NO4. The molecule has 2 aliphatic rings. The lowest BCUT2D eigenvalue weighted by atomic mass is 9.98. The number of ketones is 1. The highest BCUT2D eigenvalue weighted by Gasteiger charge is 2.35. The molecule has 1 fully saturated rings. The van der Waals surface area contributed by atoms with E-state index >= 15 is 0 Å². The lowest BCUT2D eigenvalue weighted by Crippen LogP contribution is -2.44. The molecule has 2 aromatic rings. The first kappa shape index (κ1) is 15.8. The van der Waals surface area contributed by atoms with Crippen molar-refractivity contribution in [3.63, 3.8) is 0 Å². The standard InChI is InChI=1S/C20H19NO4/c1-12-19(18(22)11-24-12)21-20(23)25-10-17-15-8-4-2-6-13(15)14-7-3-5-9-16(14)17/h2-9,12,17,19H,10-11H2,1H3,(H,21,23)/t12-,19+/m1/s1. The minimum atomic E-state index is -0.629. The smallest absolute Gasteiger partial charge is 0.407 e.